The van der Waals surface area contributed by atoms with Gasteiger partial charge in [0.1, 0.15) is 0 Å². The molecule has 1 unspecified atom stereocenters. The average molecular weight is 424 g/mol. The molecule has 2 rings (SSSR count). The molecule has 2 aromatic rings. The van der Waals surface area contributed by atoms with E-state index in [1.54, 1.807) is 12.1 Å². The van der Waals surface area contributed by atoms with Crippen molar-refractivity contribution in [2.75, 3.05) is 6.61 Å². The molecule has 0 saturated heterocycles. The van der Waals surface area contributed by atoms with Crippen molar-refractivity contribution in [2.24, 2.45) is 0 Å². The molecule has 0 bridgehead atoms. The Kier molecular flexibility index (Phi) is 6.13. The summed E-state index contributed by atoms with van der Waals surface area (Å²) in [7, 11) is 0. The number of halogens is 3. The normalized spacial score (nSPS) is 12.9. The van der Waals surface area contributed by atoms with E-state index >= 15 is 0 Å². The van der Waals surface area contributed by atoms with Crippen molar-refractivity contribution in [1.29, 1.82) is 0 Å². The van der Waals surface area contributed by atoms with Gasteiger partial charge in [-0.3, -0.25) is 0 Å². The van der Waals surface area contributed by atoms with Gasteiger partial charge < -0.3 is 0 Å². The molecule has 6 heteroatoms. The van der Waals surface area contributed by atoms with E-state index in [9.17, 15) is 18.3 Å². The number of hydrogen-bond acceptors (Lipinski definition) is 2. The molecule has 1 atom stereocenters. The van der Waals surface area contributed by atoms with Crippen LogP contribution in [0.25, 0.3) is 0 Å². The second-order valence-electron chi connectivity index (χ2n) is 4.61. The molecule has 0 aliphatic rings. The van der Waals surface area contributed by atoms with Crippen LogP contribution in [0.2, 0.25) is 4.47 Å². The predicted octanol–water partition coefficient (Wildman–Crippen LogP) is 2.89. The summed E-state index contributed by atoms with van der Waals surface area (Å²) in [4.78, 5) is 0. The first-order valence-corrected chi connectivity index (χ1v) is 9.42. The fourth-order valence-corrected chi connectivity index (χ4v) is 4.00. The Balaban J connectivity index is 1.77. The zero-order chi connectivity index (χ0) is 16.0. The Morgan fingerprint density at radius 1 is 1.00 bits per heavy atom. The molecule has 0 aliphatic carbocycles. The Labute approximate surface area is 137 Å². The number of para-hydroxylation sites is 1. The third-order valence-corrected chi connectivity index (χ3v) is 6.11. The second-order valence-corrected chi connectivity index (χ2v) is 7.73. The Hall–Kier alpha value is -1.22. The second kappa shape index (κ2) is 7.87. The Bertz CT molecular complexity index is 570. The summed E-state index contributed by atoms with van der Waals surface area (Å²) in [5, 5.41) is 9.88. The first-order chi connectivity index (χ1) is 10.4. The van der Waals surface area contributed by atoms with Gasteiger partial charge in [0.25, 0.3) is 0 Å². The molecule has 2 nitrogen and oxygen atoms in total. The molecule has 22 heavy (non-hydrogen) atoms. The standard InChI is InChI=1S/C16H15F3O2Te/c17-16(18,19)12-6-8-15(9-7-12)22-11-13(20)10-21-14-4-2-1-3-5-14/h1-9,13,20H,10-11H2. The van der Waals surface area contributed by atoms with Crippen LogP contribution in [0, 0.1) is 0 Å². The van der Waals surface area contributed by atoms with Crippen LogP contribution >= 0.6 is 0 Å². The van der Waals surface area contributed by atoms with Gasteiger partial charge in [0, 0.05) is 0 Å². The zero-order valence-electron chi connectivity index (χ0n) is 11.6. The van der Waals surface area contributed by atoms with Crippen LogP contribution in [-0.2, 0) is 6.18 Å². The molecule has 2 aromatic carbocycles. The van der Waals surface area contributed by atoms with Gasteiger partial charge in [-0.1, -0.05) is 0 Å². The zero-order valence-corrected chi connectivity index (χ0v) is 13.9. The number of rotatable bonds is 6. The first-order valence-electron chi connectivity index (χ1n) is 6.61. The van der Waals surface area contributed by atoms with Gasteiger partial charge in [-0.05, 0) is 0 Å². The van der Waals surface area contributed by atoms with Gasteiger partial charge in [0.15, 0.2) is 0 Å². The summed E-state index contributed by atoms with van der Waals surface area (Å²) in [5.41, 5.74) is -0.642. The number of aliphatic hydroxyl groups is 1. The summed E-state index contributed by atoms with van der Waals surface area (Å²) in [6.45, 7) is 0.190. The monoisotopic (exact) mass is 426 g/mol. The molecule has 0 spiro atoms. The fraction of sp³-hybridized carbons (Fsp3) is 0.250. The summed E-state index contributed by atoms with van der Waals surface area (Å²) in [6, 6.07) is 14.3. The van der Waals surface area contributed by atoms with Crippen molar-refractivity contribution in [1.82, 2.24) is 0 Å². The molecular weight excluding hydrogens is 409 g/mol. The predicted molar refractivity (Wildman–Crippen MR) is 79.6 cm³/mol. The molecule has 118 valence electrons. The molecule has 0 saturated carbocycles. The molecule has 0 aromatic heterocycles. The van der Waals surface area contributed by atoms with Crippen molar-refractivity contribution < 1.29 is 23.0 Å². The summed E-state index contributed by atoms with van der Waals surface area (Å²) >= 11 is -0.732. The summed E-state index contributed by atoms with van der Waals surface area (Å²) < 4.78 is 44.2. The number of hydrogen-bond donors (Lipinski definition) is 1. The van der Waals surface area contributed by atoms with Gasteiger partial charge in [0.05, 0.1) is 0 Å². The maximum atomic E-state index is 12.4. The minimum absolute atomic E-state index is 0.190. The third-order valence-electron chi connectivity index (χ3n) is 2.81. The van der Waals surface area contributed by atoms with Gasteiger partial charge in [0.2, 0.25) is 0 Å². The van der Waals surface area contributed by atoms with Crippen molar-refractivity contribution in [3.05, 3.63) is 60.2 Å². The number of alkyl halides is 3. The van der Waals surface area contributed by atoms with E-state index in [0.29, 0.717) is 10.2 Å². The summed E-state index contributed by atoms with van der Waals surface area (Å²) in [5.74, 6) is 0.691. The first kappa shape index (κ1) is 17.1. The van der Waals surface area contributed by atoms with Crippen molar-refractivity contribution in [3.8, 4) is 5.75 Å². The third kappa shape index (κ3) is 5.52. The number of aliphatic hydroxyl groups excluding tert-OH is 1. The molecule has 0 aliphatic heterocycles. The SMILES string of the molecule is OC(COc1ccccc1)C[Te]c1ccc(C(F)(F)F)cc1. The molecule has 0 fully saturated rings. The van der Waals surface area contributed by atoms with Gasteiger partial charge in [-0.25, -0.2) is 0 Å². The molecule has 1 N–H and O–H groups in total. The van der Waals surface area contributed by atoms with Crippen LogP contribution in [-0.4, -0.2) is 38.7 Å². The van der Waals surface area contributed by atoms with Crippen LogP contribution in [0.5, 0.6) is 5.75 Å². The van der Waals surface area contributed by atoms with E-state index in [1.165, 1.54) is 12.1 Å². The van der Waals surface area contributed by atoms with Crippen LogP contribution in [0.1, 0.15) is 5.56 Å². The summed E-state index contributed by atoms with van der Waals surface area (Å²) in [6.07, 6.45) is -4.91. The van der Waals surface area contributed by atoms with Gasteiger partial charge >= 0.3 is 137 Å². The molecule has 0 heterocycles. The van der Waals surface area contributed by atoms with Crippen LogP contribution in [0.3, 0.4) is 0 Å². The average Bonchev–Trinajstić information content (AvgIpc) is 2.51. The van der Waals surface area contributed by atoms with E-state index in [2.05, 4.69) is 0 Å². The Morgan fingerprint density at radius 3 is 2.23 bits per heavy atom. The van der Waals surface area contributed by atoms with E-state index in [4.69, 9.17) is 4.74 Å². The maximum absolute atomic E-state index is 12.4. The van der Waals surface area contributed by atoms with Crippen LogP contribution in [0.15, 0.2) is 54.6 Å². The molecule has 0 amide bonds. The van der Waals surface area contributed by atoms with Gasteiger partial charge in [-0.15, -0.1) is 0 Å². The van der Waals surface area contributed by atoms with Gasteiger partial charge in [-0.2, -0.15) is 0 Å². The topological polar surface area (TPSA) is 29.5 Å². The van der Waals surface area contributed by atoms with E-state index in [1.807, 2.05) is 18.2 Å². The van der Waals surface area contributed by atoms with Crippen LogP contribution < -0.4 is 8.35 Å². The number of benzene rings is 2. The molecular formula is C16H15F3O2Te. The van der Waals surface area contributed by atoms with E-state index in [0.717, 1.165) is 15.7 Å². The van der Waals surface area contributed by atoms with Crippen molar-refractivity contribution in [3.63, 3.8) is 0 Å². The van der Waals surface area contributed by atoms with E-state index in [-0.39, 0.29) is 6.61 Å². The van der Waals surface area contributed by atoms with E-state index < -0.39 is 38.8 Å². The fourth-order valence-electron chi connectivity index (χ4n) is 1.69. The Morgan fingerprint density at radius 2 is 1.64 bits per heavy atom. The number of ether oxygens (including phenoxy) is 1. The van der Waals surface area contributed by atoms with Crippen molar-refractivity contribution >= 4 is 24.5 Å². The quantitative estimate of drug-likeness (QED) is 0.724. The minimum atomic E-state index is -4.30. The van der Waals surface area contributed by atoms with Crippen LogP contribution in [0.4, 0.5) is 13.2 Å². The molecule has 0 radical (unpaired) electrons. The van der Waals surface area contributed by atoms with Crippen molar-refractivity contribution in [2.45, 2.75) is 16.7 Å².